The lowest BCUT2D eigenvalue weighted by Gasteiger charge is -2.36. The van der Waals surface area contributed by atoms with E-state index in [9.17, 15) is 4.79 Å². The maximum absolute atomic E-state index is 10.0. The fourth-order valence-electron chi connectivity index (χ4n) is 1.27. The molecule has 1 heterocycles. The molecule has 0 amide bonds. The predicted molar refractivity (Wildman–Crippen MR) is 48.2 cm³/mol. The Morgan fingerprint density at radius 1 is 1.55 bits per heavy atom. The van der Waals surface area contributed by atoms with E-state index in [2.05, 4.69) is 11.8 Å². The SMILES string of the molecule is CC(CCC=O)N1CCC1.Cl. The van der Waals surface area contributed by atoms with Gasteiger partial charge in [0.25, 0.3) is 0 Å². The Bertz CT molecular complexity index is 115. The molecule has 0 N–H and O–H groups in total. The Labute approximate surface area is 74.4 Å². The average molecular weight is 178 g/mol. The normalized spacial score (nSPS) is 19.7. The standard InChI is InChI=1S/C8H15NO.ClH/c1-8(4-2-7-10)9-5-3-6-9;/h7-8H,2-6H2,1H3;1H. The topological polar surface area (TPSA) is 20.3 Å². The minimum absolute atomic E-state index is 0. The number of likely N-dealkylation sites (tertiary alicyclic amines) is 1. The van der Waals surface area contributed by atoms with Crippen LogP contribution in [0.3, 0.4) is 0 Å². The van der Waals surface area contributed by atoms with E-state index in [4.69, 9.17) is 0 Å². The first-order valence-electron chi connectivity index (χ1n) is 4.02. The molecule has 0 spiro atoms. The molecule has 0 bridgehead atoms. The molecule has 0 saturated carbocycles. The van der Waals surface area contributed by atoms with Gasteiger partial charge < -0.3 is 9.69 Å². The summed E-state index contributed by atoms with van der Waals surface area (Å²) < 4.78 is 0. The van der Waals surface area contributed by atoms with Crippen molar-refractivity contribution in [2.24, 2.45) is 0 Å². The molecule has 0 aliphatic carbocycles. The fourth-order valence-corrected chi connectivity index (χ4v) is 1.27. The number of carbonyl (C=O) groups excluding carboxylic acids is 1. The van der Waals surface area contributed by atoms with Crippen molar-refractivity contribution in [3.63, 3.8) is 0 Å². The fraction of sp³-hybridized carbons (Fsp3) is 0.875. The molecule has 0 radical (unpaired) electrons. The van der Waals surface area contributed by atoms with Crippen LogP contribution >= 0.6 is 12.4 Å². The molecule has 2 nitrogen and oxygen atoms in total. The minimum atomic E-state index is 0. The van der Waals surface area contributed by atoms with Crippen molar-refractivity contribution in [3.8, 4) is 0 Å². The summed E-state index contributed by atoms with van der Waals surface area (Å²) in [4.78, 5) is 12.4. The van der Waals surface area contributed by atoms with Gasteiger partial charge in [-0.15, -0.1) is 12.4 Å². The third-order valence-electron chi connectivity index (χ3n) is 2.22. The van der Waals surface area contributed by atoms with Crippen LogP contribution in [0.4, 0.5) is 0 Å². The second kappa shape index (κ2) is 5.56. The van der Waals surface area contributed by atoms with E-state index >= 15 is 0 Å². The number of carbonyl (C=O) groups is 1. The lowest BCUT2D eigenvalue weighted by molar-refractivity contribution is -0.108. The molecule has 3 heteroatoms. The lowest BCUT2D eigenvalue weighted by atomic mass is 10.1. The van der Waals surface area contributed by atoms with Crippen LogP contribution in [0.25, 0.3) is 0 Å². The van der Waals surface area contributed by atoms with Crippen molar-refractivity contribution in [2.75, 3.05) is 13.1 Å². The molecule has 1 rings (SSSR count). The molecule has 1 saturated heterocycles. The molecule has 1 aliphatic rings. The zero-order valence-electron chi connectivity index (χ0n) is 6.95. The number of aldehydes is 1. The van der Waals surface area contributed by atoms with E-state index < -0.39 is 0 Å². The predicted octanol–water partition coefficient (Wildman–Crippen LogP) is 1.48. The molecular weight excluding hydrogens is 162 g/mol. The summed E-state index contributed by atoms with van der Waals surface area (Å²) in [6, 6.07) is 0.624. The molecule has 0 aromatic rings. The molecule has 11 heavy (non-hydrogen) atoms. The van der Waals surface area contributed by atoms with Gasteiger partial charge in [0.05, 0.1) is 0 Å². The van der Waals surface area contributed by atoms with E-state index in [0.717, 1.165) is 19.1 Å². The van der Waals surface area contributed by atoms with Crippen molar-refractivity contribution < 1.29 is 4.79 Å². The first-order chi connectivity index (χ1) is 4.84. The van der Waals surface area contributed by atoms with Crippen molar-refractivity contribution in [2.45, 2.75) is 32.2 Å². The summed E-state index contributed by atoms with van der Waals surface area (Å²) in [7, 11) is 0. The monoisotopic (exact) mass is 177 g/mol. The van der Waals surface area contributed by atoms with Gasteiger partial charge >= 0.3 is 0 Å². The molecule has 0 aromatic carbocycles. The van der Waals surface area contributed by atoms with Gasteiger partial charge in [-0.1, -0.05) is 0 Å². The number of halogens is 1. The second-order valence-corrected chi connectivity index (χ2v) is 2.98. The molecule has 1 fully saturated rings. The van der Waals surface area contributed by atoms with Gasteiger partial charge in [-0.25, -0.2) is 0 Å². The Hall–Kier alpha value is -0.0800. The third kappa shape index (κ3) is 3.21. The Kier molecular flexibility index (Phi) is 5.51. The highest BCUT2D eigenvalue weighted by Crippen LogP contribution is 2.13. The Morgan fingerprint density at radius 2 is 2.18 bits per heavy atom. The zero-order valence-corrected chi connectivity index (χ0v) is 7.77. The highest BCUT2D eigenvalue weighted by atomic mass is 35.5. The van der Waals surface area contributed by atoms with Gasteiger partial charge in [0, 0.05) is 12.5 Å². The van der Waals surface area contributed by atoms with Crippen LogP contribution in [0, 0.1) is 0 Å². The smallest absolute Gasteiger partial charge is 0.120 e. The van der Waals surface area contributed by atoms with Crippen LogP contribution in [0.5, 0.6) is 0 Å². The van der Waals surface area contributed by atoms with Crippen molar-refractivity contribution in [1.29, 1.82) is 0 Å². The van der Waals surface area contributed by atoms with E-state index in [0.29, 0.717) is 6.04 Å². The minimum Gasteiger partial charge on any atom is -0.303 e. The zero-order chi connectivity index (χ0) is 7.40. The number of hydrogen-bond donors (Lipinski definition) is 0. The third-order valence-corrected chi connectivity index (χ3v) is 2.22. The maximum atomic E-state index is 10.0. The Balaban J connectivity index is 0.000001000. The lowest BCUT2D eigenvalue weighted by Crippen LogP contribution is -2.43. The van der Waals surface area contributed by atoms with Gasteiger partial charge in [-0.05, 0) is 32.9 Å². The van der Waals surface area contributed by atoms with Crippen LogP contribution in [-0.2, 0) is 4.79 Å². The first-order valence-corrected chi connectivity index (χ1v) is 4.02. The van der Waals surface area contributed by atoms with Gasteiger partial charge in [0.1, 0.15) is 6.29 Å². The van der Waals surface area contributed by atoms with Gasteiger partial charge in [-0.3, -0.25) is 0 Å². The second-order valence-electron chi connectivity index (χ2n) is 2.98. The summed E-state index contributed by atoms with van der Waals surface area (Å²) in [6.45, 7) is 4.67. The van der Waals surface area contributed by atoms with Crippen LogP contribution in [0.15, 0.2) is 0 Å². The quantitative estimate of drug-likeness (QED) is 0.607. The summed E-state index contributed by atoms with van der Waals surface area (Å²) in [5.41, 5.74) is 0. The summed E-state index contributed by atoms with van der Waals surface area (Å²) in [6.07, 6.45) is 4.10. The van der Waals surface area contributed by atoms with Crippen molar-refractivity contribution >= 4 is 18.7 Å². The summed E-state index contributed by atoms with van der Waals surface area (Å²) in [5, 5.41) is 0. The van der Waals surface area contributed by atoms with Crippen LogP contribution in [0.1, 0.15) is 26.2 Å². The first kappa shape index (κ1) is 10.9. The molecular formula is C8H16ClNO. The number of hydrogen-bond acceptors (Lipinski definition) is 2. The molecule has 1 unspecified atom stereocenters. The Morgan fingerprint density at radius 3 is 2.55 bits per heavy atom. The van der Waals surface area contributed by atoms with Crippen LogP contribution < -0.4 is 0 Å². The summed E-state index contributed by atoms with van der Waals surface area (Å²) >= 11 is 0. The van der Waals surface area contributed by atoms with Crippen molar-refractivity contribution in [1.82, 2.24) is 4.90 Å². The number of nitrogens with zero attached hydrogens (tertiary/aromatic N) is 1. The molecule has 66 valence electrons. The highest BCUT2D eigenvalue weighted by Gasteiger charge is 2.18. The molecule has 1 aliphatic heterocycles. The van der Waals surface area contributed by atoms with Crippen LogP contribution in [-0.4, -0.2) is 30.3 Å². The number of rotatable bonds is 4. The largest absolute Gasteiger partial charge is 0.303 e. The summed E-state index contributed by atoms with van der Waals surface area (Å²) in [5.74, 6) is 0. The van der Waals surface area contributed by atoms with E-state index in [-0.39, 0.29) is 12.4 Å². The van der Waals surface area contributed by atoms with Gasteiger partial charge in [0.2, 0.25) is 0 Å². The van der Waals surface area contributed by atoms with E-state index in [1.165, 1.54) is 19.5 Å². The average Bonchev–Trinajstić information content (AvgIpc) is 1.79. The van der Waals surface area contributed by atoms with E-state index in [1.807, 2.05) is 0 Å². The van der Waals surface area contributed by atoms with E-state index in [1.54, 1.807) is 0 Å². The van der Waals surface area contributed by atoms with Crippen LogP contribution in [0.2, 0.25) is 0 Å². The molecule has 0 aromatic heterocycles. The van der Waals surface area contributed by atoms with Gasteiger partial charge in [-0.2, -0.15) is 0 Å². The van der Waals surface area contributed by atoms with Crippen molar-refractivity contribution in [3.05, 3.63) is 0 Å². The van der Waals surface area contributed by atoms with Gasteiger partial charge in [0.15, 0.2) is 0 Å². The molecule has 1 atom stereocenters. The maximum Gasteiger partial charge on any atom is 0.120 e. The highest BCUT2D eigenvalue weighted by molar-refractivity contribution is 5.85.